The van der Waals surface area contributed by atoms with Crippen molar-refractivity contribution < 1.29 is 8.91 Å². The molecule has 1 unspecified atom stereocenters. The molecule has 1 aromatic carbocycles. The van der Waals surface area contributed by atoms with Crippen LogP contribution in [-0.2, 0) is 0 Å². The summed E-state index contributed by atoms with van der Waals surface area (Å²) in [6.45, 7) is 5.25. The van der Waals surface area contributed by atoms with E-state index in [2.05, 4.69) is 35.6 Å². The van der Waals surface area contributed by atoms with Crippen molar-refractivity contribution in [3.8, 4) is 17.3 Å². The number of aryl methyl sites for hydroxylation is 2. The molecule has 11 nitrogen and oxygen atoms in total. The third-order valence-corrected chi connectivity index (χ3v) is 5.76. The molecule has 5 rings (SSSR count). The Labute approximate surface area is 202 Å². The van der Waals surface area contributed by atoms with Gasteiger partial charge in [0, 0.05) is 17.1 Å². The summed E-state index contributed by atoms with van der Waals surface area (Å²) in [6, 6.07) is 5.23. The summed E-state index contributed by atoms with van der Waals surface area (Å²) in [5.74, 6) is 0.702. The molecule has 0 saturated heterocycles. The molecule has 4 aromatic heterocycles. The highest BCUT2D eigenvalue weighted by molar-refractivity contribution is 6.35. The number of benzene rings is 1. The van der Waals surface area contributed by atoms with E-state index >= 15 is 0 Å². The number of anilines is 2. The Kier molecular flexibility index (Phi) is 5.44. The fraction of sp³-hybridized carbons (Fsp3) is 0.182. The van der Waals surface area contributed by atoms with E-state index < -0.39 is 17.4 Å². The Bertz CT molecular complexity index is 1640. The number of rotatable bonds is 5. The molecule has 0 radical (unpaired) electrons. The first-order valence-corrected chi connectivity index (χ1v) is 10.9. The Morgan fingerprint density at radius 2 is 2.06 bits per heavy atom. The van der Waals surface area contributed by atoms with Crippen LogP contribution < -0.4 is 16.6 Å². The lowest BCUT2D eigenvalue weighted by molar-refractivity contribution is 0.425. The summed E-state index contributed by atoms with van der Waals surface area (Å²) >= 11 is 6.29. The second kappa shape index (κ2) is 8.47. The summed E-state index contributed by atoms with van der Waals surface area (Å²) in [5.41, 5.74) is 7.01. The Balaban J connectivity index is 1.70. The fourth-order valence-corrected chi connectivity index (χ4v) is 4.08. The largest absolute Gasteiger partial charge is 0.383 e. The van der Waals surface area contributed by atoms with E-state index in [-0.39, 0.29) is 33.3 Å². The zero-order valence-corrected chi connectivity index (χ0v) is 19.6. The van der Waals surface area contributed by atoms with Crippen LogP contribution in [0.3, 0.4) is 0 Å². The van der Waals surface area contributed by atoms with E-state index in [4.69, 9.17) is 21.9 Å². The highest BCUT2D eigenvalue weighted by Gasteiger charge is 2.24. The molecule has 0 amide bonds. The van der Waals surface area contributed by atoms with Crippen LogP contribution >= 0.6 is 11.6 Å². The van der Waals surface area contributed by atoms with Gasteiger partial charge in [0.1, 0.15) is 29.3 Å². The number of nitrogens with zero attached hydrogens (tertiary/aromatic N) is 6. The topological polar surface area (TPSA) is 153 Å². The number of hydrogen-bond donors (Lipinski definition) is 3. The van der Waals surface area contributed by atoms with Crippen molar-refractivity contribution in [3.05, 3.63) is 69.0 Å². The third kappa shape index (κ3) is 3.87. The van der Waals surface area contributed by atoms with Crippen molar-refractivity contribution >= 4 is 34.0 Å². The van der Waals surface area contributed by atoms with Gasteiger partial charge < -0.3 is 15.6 Å². The SMILES string of the molecule is Cc1noc(-c2c(N)ncnc2NC(C)c2cc3c(F)ccc(Cl)c3c(=O)n2-c2cc(C)[nH]n2)n1. The fourth-order valence-electron chi connectivity index (χ4n) is 3.84. The number of nitrogen functional groups attached to an aromatic ring is 1. The summed E-state index contributed by atoms with van der Waals surface area (Å²) < 4.78 is 21.4. The standard InChI is InChI=1S/C22H19ClFN9O2/c1-9-6-16(31-30-9)33-15(7-12-14(24)5-4-13(23)17(12)22(33)34)10(2)28-20-18(19(25)26-8-27-20)21-29-11(3)32-35-21/h4-8,10H,1-3H3,(H,30,31)(H3,25,26,27,28). The molecule has 0 bridgehead atoms. The van der Waals surface area contributed by atoms with Crippen LogP contribution in [0.5, 0.6) is 0 Å². The van der Waals surface area contributed by atoms with Gasteiger partial charge in [0.15, 0.2) is 11.6 Å². The first-order valence-electron chi connectivity index (χ1n) is 10.5. The van der Waals surface area contributed by atoms with Gasteiger partial charge in [0.2, 0.25) is 0 Å². The van der Waals surface area contributed by atoms with E-state index in [0.717, 1.165) is 5.69 Å². The molecule has 0 spiro atoms. The minimum absolute atomic E-state index is 0.0524. The lowest BCUT2D eigenvalue weighted by Gasteiger charge is -2.21. The average Bonchev–Trinajstić information content (AvgIpc) is 3.44. The molecule has 1 atom stereocenters. The minimum Gasteiger partial charge on any atom is -0.383 e. The van der Waals surface area contributed by atoms with Gasteiger partial charge in [-0.1, -0.05) is 16.8 Å². The number of nitrogens with one attached hydrogen (secondary N) is 2. The molecule has 5 aromatic rings. The van der Waals surface area contributed by atoms with Crippen molar-refractivity contribution in [1.29, 1.82) is 0 Å². The average molecular weight is 496 g/mol. The summed E-state index contributed by atoms with van der Waals surface area (Å²) in [7, 11) is 0. The summed E-state index contributed by atoms with van der Waals surface area (Å²) in [4.78, 5) is 26.1. The number of aromatic nitrogens is 7. The second-order valence-electron chi connectivity index (χ2n) is 7.93. The lowest BCUT2D eigenvalue weighted by atomic mass is 10.1. The predicted molar refractivity (Wildman–Crippen MR) is 128 cm³/mol. The molecular weight excluding hydrogens is 477 g/mol. The van der Waals surface area contributed by atoms with E-state index in [1.54, 1.807) is 32.9 Å². The molecular formula is C22H19ClFN9O2. The van der Waals surface area contributed by atoms with E-state index in [9.17, 15) is 9.18 Å². The van der Waals surface area contributed by atoms with E-state index in [1.165, 1.54) is 23.0 Å². The number of H-pyrrole nitrogens is 1. The van der Waals surface area contributed by atoms with Crippen LogP contribution in [0.25, 0.3) is 28.0 Å². The first kappa shape index (κ1) is 22.5. The Morgan fingerprint density at radius 3 is 2.74 bits per heavy atom. The van der Waals surface area contributed by atoms with Crippen molar-refractivity contribution in [1.82, 2.24) is 34.9 Å². The molecule has 0 aliphatic heterocycles. The number of nitrogens with two attached hydrogens (primary N) is 1. The zero-order chi connectivity index (χ0) is 24.9. The number of aromatic amines is 1. The predicted octanol–water partition coefficient (Wildman–Crippen LogP) is 3.72. The highest BCUT2D eigenvalue weighted by atomic mass is 35.5. The lowest BCUT2D eigenvalue weighted by Crippen LogP contribution is -2.26. The van der Waals surface area contributed by atoms with Gasteiger partial charge in [0.05, 0.1) is 22.1 Å². The Morgan fingerprint density at radius 1 is 1.26 bits per heavy atom. The van der Waals surface area contributed by atoms with Crippen LogP contribution in [-0.4, -0.2) is 34.9 Å². The molecule has 0 aliphatic rings. The van der Waals surface area contributed by atoms with Gasteiger partial charge in [0.25, 0.3) is 11.4 Å². The van der Waals surface area contributed by atoms with E-state index in [0.29, 0.717) is 22.9 Å². The Hall–Kier alpha value is -4.32. The molecule has 4 N–H and O–H groups in total. The number of pyridine rings is 1. The van der Waals surface area contributed by atoms with Gasteiger partial charge in [-0.2, -0.15) is 10.1 Å². The van der Waals surface area contributed by atoms with Crippen molar-refractivity contribution in [2.45, 2.75) is 26.8 Å². The van der Waals surface area contributed by atoms with Crippen molar-refractivity contribution in [2.24, 2.45) is 0 Å². The molecule has 13 heteroatoms. The maximum atomic E-state index is 14.8. The van der Waals surface area contributed by atoms with Crippen molar-refractivity contribution in [2.75, 3.05) is 11.1 Å². The van der Waals surface area contributed by atoms with Gasteiger partial charge >= 0.3 is 0 Å². The molecule has 178 valence electrons. The quantitative estimate of drug-likeness (QED) is 0.331. The van der Waals surface area contributed by atoms with Gasteiger partial charge in [-0.3, -0.25) is 14.5 Å². The first-order chi connectivity index (χ1) is 16.7. The monoisotopic (exact) mass is 495 g/mol. The summed E-state index contributed by atoms with van der Waals surface area (Å²) in [5, 5.41) is 14.3. The van der Waals surface area contributed by atoms with Crippen LogP contribution in [0.4, 0.5) is 16.0 Å². The number of fused-ring (bicyclic) bond motifs is 1. The van der Waals surface area contributed by atoms with Gasteiger partial charge in [-0.15, -0.1) is 0 Å². The molecule has 0 aliphatic carbocycles. The smallest absolute Gasteiger partial charge is 0.266 e. The maximum Gasteiger partial charge on any atom is 0.266 e. The second-order valence-corrected chi connectivity index (χ2v) is 8.34. The molecule has 35 heavy (non-hydrogen) atoms. The number of hydrogen-bond acceptors (Lipinski definition) is 9. The van der Waals surface area contributed by atoms with Gasteiger partial charge in [-0.05, 0) is 39.0 Å². The molecule has 0 saturated carbocycles. The van der Waals surface area contributed by atoms with Gasteiger partial charge in [-0.25, -0.2) is 14.4 Å². The summed E-state index contributed by atoms with van der Waals surface area (Å²) in [6.07, 6.45) is 1.28. The molecule has 4 heterocycles. The minimum atomic E-state index is -0.598. The van der Waals surface area contributed by atoms with Crippen LogP contribution in [0.1, 0.15) is 30.2 Å². The normalized spacial score (nSPS) is 12.3. The van der Waals surface area contributed by atoms with E-state index in [1.807, 2.05) is 0 Å². The van der Waals surface area contributed by atoms with Crippen LogP contribution in [0.2, 0.25) is 5.02 Å². The van der Waals surface area contributed by atoms with Crippen LogP contribution in [0.15, 0.2) is 39.9 Å². The highest BCUT2D eigenvalue weighted by Crippen LogP contribution is 2.33. The third-order valence-electron chi connectivity index (χ3n) is 5.45. The van der Waals surface area contributed by atoms with Crippen LogP contribution in [0, 0.1) is 19.7 Å². The molecule has 0 fully saturated rings. The van der Waals surface area contributed by atoms with Crippen molar-refractivity contribution in [3.63, 3.8) is 0 Å². The number of halogens is 2. The zero-order valence-electron chi connectivity index (χ0n) is 18.8. The maximum absolute atomic E-state index is 14.8.